The number of halogens is 1. The number of nitrogen functional groups attached to an aromatic ring is 1. The van der Waals surface area contributed by atoms with E-state index >= 15 is 0 Å². The molecule has 0 saturated heterocycles. The number of hydrogen-bond acceptors (Lipinski definition) is 4. The van der Waals surface area contributed by atoms with Crippen LogP contribution in [0, 0.1) is 5.82 Å². The highest BCUT2D eigenvalue weighted by Gasteiger charge is 2.16. The van der Waals surface area contributed by atoms with E-state index in [1.807, 2.05) is 17.5 Å². The maximum atomic E-state index is 13.9. The number of anilines is 2. The van der Waals surface area contributed by atoms with Gasteiger partial charge in [0.25, 0.3) is 0 Å². The third kappa shape index (κ3) is 2.85. The van der Waals surface area contributed by atoms with Crippen LogP contribution in [-0.4, -0.2) is 18.1 Å². The molecule has 0 aliphatic heterocycles. The fraction of sp³-hybridized carbons (Fsp3) is 0.154. The summed E-state index contributed by atoms with van der Waals surface area (Å²) < 4.78 is 13.9. The second kappa shape index (κ2) is 5.27. The Labute approximate surface area is 113 Å². The van der Waals surface area contributed by atoms with Crippen LogP contribution in [0.4, 0.5) is 15.8 Å². The third-order valence-electron chi connectivity index (χ3n) is 2.73. The Morgan fingerprint density at radius 2 is 2.26 bits per heavy atom. The summed E-state index contributed by atoms with van der Waals surface area (Å²) in [6.07, 6.45) is 0. The highest BCUT2D eigenvalue weighted by atomic mass is 32.1. The maximum absolute atomic E-state index is 13.9. The van der Waals surface area contributed by atoms with Crippen molar-refractivity contribution in [2.75, 3.05) is 17.7 Å². The molecule has 0 spiro atoms. The van der Waals surface area contributed by atoms with E-state index in [4.69, 9.17) is 10.8 Å². The van der Waals surface area contributed by atoms with Crippen molar-refractivity contribution >= 4 is 28.7 Å². The van der Waals surface area contributed by atoms with Crippen LogP contribution in [0.2, 0.25) is 0 Å². The molecule has 4 nitrogen and oxygen atoms in total. The first-order valence-electron chi connectivity index (χ1n) is 5.55. The van der Waals surface area contributed by atoms with Crippen LogP contribution in [0.1, 0.15) is 15.2 Å². The zero-order chi connectivity index (χ0) is 14.0. The molecule has 1 aromatic carbocycles. The predicted octanol–water partition coefficient (Wildman–Crippen LogP) is 2.80. The molecule has 0 atom stereocenters. The molecule has 0 bridgehead atoms. The fourth-order valence-electron chi connectivity index (χ4n) is 1.78. The van der Waals surface area contributed by atoms with Gasteiger partial charge in [-0.05, 0) is 23.6 Å². The van der Waals surface area contributed by atoms with Gasteiger partial charge in [0.15, 0.2) is 0 Å². The quantitative estimate of drug-likeness (QED) is 0.845. The molecular formula is C13H13FN2O2S. The van der Waals surface area contributed by atoms with Gasteiger partial charge in [0.1, 0.15) is 5.82 Å². The van der Waals surface area contributed by atoms with Gasteiger partial charge < -0.3 is 15.7 Å². The molecule has 1 heterocycles. The summed E-state index contributed by atoms with van der Waals surface area (Å²) in [5, 5.41) is 10.9. The average Bonchev–Trinajstić information content (AvgIpc) is 2.81. The average molecular weight is 280 g/mol. The first kappa shape index (κ1) is 13.4. The van der Waals surface area contributed by atoms with Crippen LogP contribution in [0.15, 0.2) is 29.6 Å². The van der Waals surface area contributed by atoms with Gasteiger partial charge >= 0.3 is 5.97 Å². The molecule has 2 aromatic rings. The van der Waals surface area contributed by atoms with Crippen molar-refractivity contribution in [1.29, 1.82) is 0 Å². The summed E-state index contributed by atoms with van der Waals surface area (Å²) in [7, 11) is 1.71. The van der Waals surface area contributed by atoms with Gasteiger partial charge in [-0.15, -0.1) is 11.3 Å². The summed E-state index contributed by atoms with van der Waals surface area (Å²) in [4.78, 5) is 13.7. The van der Waals surface area contributed by atoms with Gasteiger partial charge in [-0.25, -0.2) is 9.18 Å². The van der Waals surface area contributed by atoms with Crippen LogP contribution in [-0.2, 0) is 6.54 Å². The highest BCUT2D eigenvalue weighted by molar-refractivity contribution is 7.09. The third-order valence-corrected chi connectivity index (χ3v) is 3.59. The maximum Gasteiger partial charge on any atom is 0.337 e. The van der Waals surface area contributed by atoms with Crippen molar-refractivity contribution in [2.24, 2.45) is 0 Å². The molecule has 0 unspecified atom stereocenters. The Hall–Kier alpha value is -2.08. The second-order valence-corrected chi connectivity index (χ2v) is 5.16. The molecule has 0 amide bonds. The summed E-state index contributed by atoms with van der Waals surface area (Å²) in [5.41, 5.74) is 5.55. The van der Waals surface area contributed by atoms with Crippen molar-refractivity contribution in [3.8, 4) is 0 Å². The number of nitrogens with two attached hydrogens (primary N) is 1. The van der Waals surface area contributed by atoms with E-state index in [-0.39, 0.29) is 16.9 Å². The van der Waals surface area contributed by atoms with Gasteiger partial charge in [-0.2, -0.15) is 0 Å². The van der Waals surface area contributed by atoms with Gasteiger partial charge in [0.2, 0.25) is 0 Å². The number of rotatable bonds is 4. The summed E-state index contributed by atoms with van der Waals surface area (Å²) in [6, 6.07) is 6.16. The van der Waals surface area contributed by atoms with E-state index in [0.29, 0.717) is 6.54 Å². The number of thiophene rings is 1. The molecule has 3 N–H and O–H groups in total. The van der Waals surface area contributed by atoms with Crippen molar-refractivity contribution < 1.29 is 14.3 Å². The van der Waals surface area contributed by atoms with Crippen molar-refractivity contribution in [1.82, 2.24) is 0 Å². The van der Waals surface area contributed by atoms with E-state index in [2.05, 4.69) is 0 Å². The molecule has 1 aromatic heterocycles. The van der Waals surface area contributed by atoms with Gasteiger partial charge in [0.05, 0.1) is 17.8 Å². The zero-order valence-corrected chi connectivity index (χ0v) is 11.1. The fourth-order valence-corrected chi connectivity index (χ4v) is 2.53. The second-order valence-electron chi connectivity index (χ2n) is 4.13. The lowest BCUT2D eigenvalue weighted by Crippen LogP contribution is -2.18. The van der Waals surface area contributed by atoms with Crippen LogP contribution in [0.5, 0.6) is 0 Å². The van der Waals surface area contributed by atoms with Gasteiger partial charge in [0, 0.05) is 17.6 Å². The summed E-state index contributed by atoms with van der Waals surface area (Å²) >= 11 is 1.56. The Kier molecular flexibility index (Phi) is 3.71. The zero-order valence-electron chi connectivity index (χ0n) is 10.3. The lowest BCUT2D eigenvalue weighted by Gasteiger charge is -2.20. The Balaban J connectivity index is 2.33. The minimum absolute atomic E-state index is 0.0710. The molecule has 6 heteroatoms. The molecule has 0 radical (unpaired) electrons. The predicted molar refractivity (Wildman–Crippen MR) is 74.2 cm³/mol. The van der Waals surface area contributed by atoms with E-state index in [9.17, 15) is 9.18 Å². The molecule has 100 valence electrons. The van der Waals surface area contributed by atoms with Gasteiger partial charge in [-0.1, -0.05) is 6.07 Å². The monoisotopic (exact) mass is 280 g/mol. The Morgan fingerprint density at radius 1 is 1.53 bits per heavy atom. The summed E-state index contributed by atoms with van der Waals surface area (Å²) in [6.45, 7) is 0.511. The van der Waals surface area contributed by atoms with E-state index in [0.717, 1.165) is 10.9 Å². The minimum Gasteiger partial charge on any atom is -0.478 e. The number of hydrogen-bond donors (Lipinski definition) is 2. The molecule has 0 aliphatic carbocycles. The lowest BCUT2D eigenvalue weighted by atomic mass is 10.1. The van der Waals surface area contributed by atoms with Crippen molar-refractivity contribution in [3.63, 3.8) is 0 Å². The van der Waals surface area contributed by atoms with E-state index in [1.165, 1.54) is 6.07 Å². The van der Waals surface area contributed by atoms with E-state index in [1.54, 1.807) is 23.3 Å². The smallest absolute Gasteiger partial charge is 0.337 e. The standard InChI is InChI=1S/C13H13FN2O2S/c1-16(7-8-3-2-4-19-8)12-5-9(13(17)18)11(15)6-10(12)14/h2-6H,7,15H2,1H3,(H,17,18). The SMILES string of the molecule is CN(Cc1cccs1)c1cc(C(=O)O)c(N)cc1F. The first-order valence-corrected chi connectivity index (χ1v) is 6.43. The van der Waals surface area contributed by atoms with Crippen LogP contribution < -0.4 is 10.6 Å². The largest absolute Gasteiger partial charge is 0.478 e. The normalized spacial score (nSPS) is 10.4. The number of carboxylic acids is 1. The van der Waals surface area contributed by atoms with Crippen LogP contribution >= 0.6 is 11.3 Å². The number of benzene rings is 1. The molecule has 2 rings (SSSR count). The highest BCUT2D eigenvalue weighted by Crippen LogP contribution is 2.26. The van der Waals surface area contributed by atoms with E-state index < -0.39 is 11.8 Å². The van der Waals surface area contributed by atoms with Crippen LogP contribution in [0.25, 0.3) is 0 Å². The van der Waals surface area contributed by atoms with Crippen molar-refractivity contribution in [3.05, 3.63) is 45.9 Å². The molecule has 0 fully saturated rings. The first-order chi connectivity index (χ1) is 8.99. The summed E-state index contributed by atoms with van der Waals surface area (Å²) in [5.74, 6) is -1.69. The molecule has 19 heavy (non-hydrogen) atoms. The van der Waals surface area contributed by atoms with Crippen molar-refractivity contribution in [2.45, 2.75) is 6.54 Å². The minimum atomic E-state index is -1.16. The topological polar surface area (TPSA) is 66.6 Å². The van der Waals surface area contributed by atoms with Crippen LogP contribution in [0.3, 0.4) is 0 Å². The lowest BCUT2D eigenvalue weighted by molar-refractivity contribution is 0.0698. The molecule has 0 aliphatic rings. The number of nitrogens with zero attached hydrogens (tertiary/aromatic N) is 1. The number of aromatic carboxylic acids is 1. The Bertz CT molecular complexity index is 599. The molecule has 0 saturated carbocycles. The Morgan fingerprint density at radius 3 is 2.84 bits per heavy atom. The number of carbonyl (C=O) groups is 1. The molecular weight excluding hydrogens is 267 g/mol. The van der Waals surface area contributed by atoms with Gasteiger partial charge in [-0.3, -0.25) is 0 Å². The number of carboxylic acid groups (broad SMARTS) is 1.